The van der Waals surface area contributed by atoms with E-state index in [-0.39, 0.29) is 23.9 Å². The van der Waals surface area contributed by atoms with E-state index in [0.29, 0.717) is 13.1 Å². The first-order valence-electron chi connectivity index (χ1n) is 7.43. The van der Waals surface area contributed by atoms with Crippen LogP contribution < -0.4 is 5.32 Å². The lowest BCUT2D eigenvalue weighted by Gasteiger charge is -2.18. The molecule has 4 nitrogen and oxygen atoms in total. The zero-order valence-corrected chi connectivity index (χ0v) is 13.9. The van der Waals surface area contributed by atoms with E-state index in [1.807, 2.05) is 26.0 Å². The van der Waals surface area contributed by atoms with Gasteiger partial charge in [-0.15, -0.1) is 12.4 Å². The van der Waals surface area contributed by atoms with Crippen molar-refractivity contribution in [1.29, 1.82) is 5.26 Å². The smallest absolute Gasteiger partial charge is 0.264 e. The average Bonchev–Trinajstić information content (AvgIpc) is 2.53. The average molecular weight is 320 g/mol. The minimum Gasteiger partial charge on any atom is -0.339 e. The largest absolute Gasteiger partial charge is 0.339 e. The number of hydrogen-bond donors (Lipinski definition) is 1. The van der Waals surface area contributed by atoms with Gasteiger partial charge in [-0.1, -0.05) is 18.2 Å². The SMILES string of the molecule is CCN(CC)C(=O)C(C#N)=Cc1ccc2c(c1)CNCC2.Cl. The fourth-order valence-corrected chi connectivity index (χ4v) is 2.58. The quantitative estimate of drug-likeness (QED) is 0.685. The second-order valence-electron chi connectivity index (χ2n) is 5.10. The van der Waals surface area contributed by atoms with E-state index < -0.39 is 0 Å². The minimum atomic E-state index is -0.196. The van der Waals surface area contributed by atoms with Gasteiger partial charge in [-0.25, -0.2) is 0 Å². The molecule has 0 bridgehead atoms. The summed E-state index contributed by atoms with van der Waals surface area (Å²) in [6.45, 7) is 6.92. The Morgan fingerprint density at radius 1 is 1.36 bits per heavy atom. The third-order valence-corrected chi connectivity index (χ3v) is 3.83. The van der Waals surface area contributed by atoms with Crippen LogP contribution in [0.4, 0.5) is 0 Å². The molecule has 0 spiro atoms. The first-order chi connectivity index (χ1) is 10.2. The molecule has 1 aliphatic heterocycles. The van der Waals surface area contributed by atoms with Gasteiger partial charge in [-0.05, 0) is 49.6 Å². The van der Waals surface area contributed by atoms with Crippen LogP contribution in [0.15, 0.2) is 23.8 Å². The number of hydrogen-bond acceptors (Lipinski definition) is 3. The summed E-state index contributed by atoms with van der Waals surface area (Å²) in [7, 11) is 0. The first kappa shape index (κ1) is 18.2. The molecule has 5 heteroatoms. The van der Waals surface area contributed by atoms with Gasteiger partial charge in [0.2, 0.25) is 0 Å². The van der Waals surface area contributed by atoms with Crippen LogP contribution in [0, 0.1) is 11.3 Å². The number of nitrogens with one attached hydrogen (secondary N) is 1. The highest BCUT2D eigenvalue weighted by atomic mass is 35.5. The molecule has 118 valence electrons. The lowest BCUT2D eigenvalue weighted by molar-refractivity contribution is -0.126. The summed E-state index contributed by atoms with van der Waals surface area (Å²) in [6.07, 6.45) is 2.72. The van der Waals surface area contributed by atoms with Gasteiger partial charge in [0.1, 0.15) is 11.6 Å². The molecule has 0 aromatic heterocycles. The molecule has 1 aliphatic rings. The lowest BCUT2D eigenvalue weighted by atomic mass is 9.97. The van der Waals surface area contributed by atoms with E-state index in [0.717, 1.165) is 25.1 Å². The van der Waals surface area contributed by atoms with Gasteiger partial charge in [0.25, 0.3) is 5.91 Å². The Hall–Kier alpha value is -1.83. The topological polar surface area (TPSA) is 56.1 Å². The number of likely N-dealkylation sites (N-methyl/N-ethyl adjacent to an activating group) is 1. The van der Waals surface area contributed by atoms with Crippen molar-refractivity contribution in [3.63, 3.8) is 0 Å². The monoisotopic (exact) mass is 319 g/mol. The van der Waals surface area contributed by atoms with E-state index >= 15 is 0 Å². The van der Waals surface area contributed by atoms with E-state index in [1.54, 1.807) is 11.0 Å². The van der Waals surface area contributed by atoms with Crippen molar-refractivity contribution < 1.29 is 4.79 Å². The van der Waals surface area contributed by atoms with Crippen LogP contribution in [0.5, 0.6) is 0 Å². The van der Waals surface area contributed by atoms with Crippen LogP contribution >= 0.6 is 12.4 Å². The molecule has 1 heterocycles. The van der Waals surface area contributed by atoms with Crippen molar-refractivity contribution in [3.8, 4) is 6.07 Å². The predicted octanol–water partition coefficient (Wildman–Crippen LogP) is 2.53. The molecule has 0 unspecified atom stereocenters. The summed E-state index contributed by atoms with van der Waals surface area (Å²) < 4.78 is 0. The molecule has 1 N–H and O–H groups in total. The number of fused-ring (bicyclic) bond motifs is 1. The Labute approximate surface area is 138 Å². The molecular weight excluding hydrogens is 298 g/mol. The molecular formula is C17H22ClN3O. The highest BCUT2D eigenvalue weighted by Crippen LogP contribution is 2.18. The van der Waals surface area contributed by atoms with Crippen molar-refractivity contribution in [2.24, 2.45) is 0 Å². The molecule has 0 fully saturated rings. The van der Waals surface area contributed by atoms with Crippen molar-refractivity contribution in [3.05, 3.63) is 40.5 Å². The van der Waals surface area contributed by atoms with Gasteiger partial charge in [-0.2, -0.15) is 5.26 Å². The third-order valence-electron chi connectivity index (χ3n) is 3.83. The summed E-state index contributed by atoms with van der Waals surface area (Å²) in [6, 6.07) is 8.18. The van der Waals surface area contributed by atoms with Crippen molar-refractivity contribution >= 4 is 24.4 Å². The van der Waals surface area contributed by atoms with Crippen molar-refractivity contribution in [1.82, 2.24) is 10.2 Å². The maximum Gasteiger partial charge on any atom is 0.264 e. The molecule has 0 saturated heterocycles. The van der Waals surface area contributed by atoms with E-state index in [2.05, 4.69) is 17.4 Å². The number of rotatable bonds is 4. The Morgan fingerprint density at radius 3 is 2.73 bits per heavy atom. The molecule has 22 heavy (non-hydrogen) atoms. The van der Waals surface area contributed by atoms with Gasteiger partial charge < -0.3 is 10.2 Å². The lowest BCUT2D eigenvalue weighted by Crippen LogP contribution is -2.31. The van der Waals surface area contributed by atoms with Gasteiger partial charge in [0, 0.05) is 19.6 Å². The van der Waals surface area contributed by atoms with Gasteiger partial charge in [-0.3, -0.25) is 4.79 Å². The molecule has 1 aromatic carbocycles. The van der Waals surface area contributed by atoms with E-state index in [1.165, 1.54) is 11.1 Å². The Bertz CT molecular complexity index is 600. The molecule has 0 aliphatic carbocycles. The minimum absolute atomic E-state index is 0. The number of amides is 1. The highest BCUT2D eigenvalue weighted by molar-refractivity contribution is 6.01. The van der Waals surface area contributed by atoms with Crippen LogP contribution in [0.2, 0.25) is 0 Å². The van der Waals surface area contributed by atoms with Crippen molar-refractivity contribution in [2.75, 3.05) is 19.6 Å². The number of carbonyl (C=O) groups is 1. The zero-order chi connectivity index (χ0) is 15.2. The standard InChI is InChI=1S/C17H21N3O.ClH/c1-3-20(4-2)17(21)15(11-18)9-13-5-6-14-7-8-19-12-16(14)10-13;/h5-6,9-10,19H,3-4,7-8,12H2,1-2H3;1H. The third kappa shape index (κ3) is 4.09. The summed E-state index contributed by atoms with van der Waals surface area (Å²) >= 11 is 0. The summed E-state index contributed by atoms with van der Waals surface area (Å²) in [5.41, 5.74) is 3.71. The predicted molar refractivity (Wildman–Crippen MR) is 90.6 cm³/mol. The normalized spacial score (nSPS) is 13.6. The number of halogens is 1. The summed E-state index contributed by atoms with van der Waals surface area (Å²) in [5.74, 6) is -0.196. The first-order valence-corrected chi connectivity index (χ1v) is 7.43. The van der Waals surface area contributed by atoms with Gasteiger partial charge >= 0.3 is 0 Å². The highest BCUT2D eigenvalue weighted by Gasteiger charge is 2.15. The van der Waals surface area contributed by atoms with Crippen LogP contribution in [0.25, 0.3) is 6.08 Å². The maximum absolute atomic E-state index is 12.3. The summed E-state index contributed by atoms with van der Waals surface area (Å²) in [5, 5.41) is 12.6. The maximum atomic E-state index is 12.3. The van der Waals surface area contributed by atoms with Crippen LogP contribution in [-0.2, 0) is 17.8 Å². The fraction of sp³-hybridized carbons (Fsp3) is 0.412. The summed E-state index contributed by atoms with van der Waals surface area (Å²) in [4.78, 5) is 13.9. The van der Waals surface area contributed by atoms with E-state index in [4.69, 9.17) is 0 Å². The number of benzene rings is 1. The molecule has 0 radical (unpaired) electrons. The number of nitrogens with zero attached hydrogens (tertiary/aromatic N) is 2. The molecule has 0 atom stereocenters. The molecule has 0 saturated carbocycles. The van der Waals surface area contributed by atoms with Crippen LogP contribution in [-0.4, -0.2) is 30.4 Å². The Morgan fingerprint density at radius 2 is 2.09 bits per heavy atom. The van der Waals surface area contributed by atoms with Crippen LogP contribution in [0.1, 0.15) is 30.5 Å². The van der Waals surface area contributed by atoms with Crippen molar-refractivity contribution in [2.45, 2.75) is 26.8 Å². The number of nitriles is 1. The molecule has 2 rings (SSSR count). The molecule has 1 amide bonds. The fourth-order valence-electron chi connectivity index (χ4n) is 2.58. The Kier molecular flexibility index (Phi) is 7.10. The van der Waals surface area contributed by atoms with E-state index in [9.17, 15) is 10.1 Å². The second kappa shape index (κ2) is 8.57. The molecule has 1 aromatic rings. The van der Waals surface area contributed by atoms with Gasteiger partial charge in [0.05, 0.1) is 0 Å². The Balaban J connectivity index is 0.00000242. The zero-order valence-electron chi connectivity index (χ0n) is 13.1. The number of carbonyl (C=O) groups excluding carboxylic acids is 1. The van der Waals surface area contributed by atoms with Gasteiger partial charge in [0.15, 0.2) is 0 Å². The second-order valence-corrected chi connectivity index (χ2v) is 5.10. The van der Waals surface area contributed by atoms with Crippen LogP contribution in [0.3, 0.4) is 0 Å².